The standard InChI is InChI=1S/C14H21FN2O/c1-4-18-13-8-12(14(13,2)3)17-11-6-5-9(15)7-10(11)16/h5-7,12-13,17H,4,8,16H2,1-3H3. The SMILES string of the molecule is CCOC1CC(Nc2ccc(F)cc2N)C1(C)C. The Balaban J connectivity index is 2.03. The monoisotopic (exact) mass is 252 g/mol. The second-order valence-corrected chi connectivity index (χ2v) is 5.43. The molecule has 18 heavy (non-hydrogen) atoms. The molecule has 0 spiro atoms. The Hall–Kier alpha value is -1.29. The van der Waals surface area contributed by atoms with Gasteiger partial charge in [-0.25, -0.2) is 4.39 Å². The van der Waals surface area contributed by atoms with Crippen molar-refractivity contribution in [1.29, 1.82) is 0 Å². The van der Waals surface area contributed by atoms with E-state index in [1.807, 2.05) is 6.92 Å². The summed E-state index contributed by atoms with van der Waals surface area (Å²) in [6.07, 6.45) is 1.24. The van der Waals surface area contributed by atoms with Gasteiger partial charge in [-0.1, -0.05) is 13.8 Å². The summed E-state index contributed by atoms with van der Waals surface area (Å²) in [6, 6.07) is 4.76. The Morgan fingerprint density at radius 1 is 1.50 bits per heavy atom. The molecule has 0 saturated heterocycles. The molecular formula is C14H21FN2O. The van der Waals surface area contributed by atoms with Gasteiger partial charge in [0.25, 0.3) is 0 Å². The van der Waals surface area contributed by atoms with Gasteiger partial charge in [-0.2, -0.15) is 0 Å². The van der Waals surface area contributed by atoms with Crippen molar-refractivity contribution in [3.05, 3.63) is 24.0 Å². The fraction of sp³-hybridized carbons (Fsp3) is 0.571. The van der Waals surface area contributed by atoms with Gasteiger partial charge in [0.05, 0.1) is 17.5 Å². The molecule has 0 radical (unpaired) electrons. The smallest absolute Gasteiger partial charge is 0.125 e. The van der Waals surface area contributed by atoms with Gasteiger partial charge in [0, 0.05) is 18.1 Å². The molecule has 1 aliphatic rings. The predicted octanol–water partition coefficient (Wildman–Crippen LogP) is 3.02. The molecule has 2 atom stereocenters. The van der Waals surface area contributed by atoms with Crippen LogP contribution in [-0.4, -0.2) is 18.8 Å². The lowest BCUT2D eigenvalue weighted by atomic mass is 9.64. The summed E-state index contributed by atoms with van der Waals surface area (Å²) >= 11 is 0. The molecule has 1 saturated carbocycles. The first-order valence-corrected chi connectivity index (χ1v) is 6.38. The highest BCUT2D eigenvalue weighted by atomic mass is 19.1. The van der Waals surface area contributed by atoms with E-state index < -0.39 is 0 Å². The van der Waals surface area contributed by atoms with E-state index in [9.17, 15) is 4.39 Å². The normalized spacial score (nSPS) is 25.6. The zero-order chi connectivity index (χ0) is 13.3. The first kappa shape index (κ1) is 13.1. The Labute approximate surface area is 108 Å². The van der Waals surface area contributed by atoms with Crippen molar-refractivity contribution < 1.29 is 9.13 Å². The van der Waals surface area contributed by atoms with Crippen LogP contribution >= 0.6 is 0 Å². The number of halogens is 1. The van der Waals surface area contributed by atoms with Crippen molar-refractivity contribution in [2.45, 2.75) is 39.3 Å². The van der Waals surface area contributed by atoms with E-state index in [-0.39, 0.29) is 17.3 Å². The minimum Gasteiger partial charge on any atom is -0.397 e. The first-order chi connectivity index (χ1) is 8.45. The van der Waals surface area contributed by atoms with Gasteiger partial charge in [0.15, 0.2) is 0 Å². The Morgan fingerprint density at radius 3 is 2.78 bits per heavy atom. The molecule has 0 aromatic heterocycles. The van der Waals surface area contributed by atoms with Crippen LogP contribution in [0.1, 0.15) is 27.2 Å². The molecule has 4 heteroatoms. The average molecular weight is 252 g/mol. The molecule has 3 N–H and O–H groups in total. The van der Waals surface area contributed by atoms with Crippen LogP contribution in [0.2, 0.25) is 0 Å². The Kier molecular flexibility index (Phi) is 3.48. The van der Waals surface area contributed by atoms with Crippen molar-refractivity contribution in [3.63, 3.8) is 0 Å². The van der Waals surface area contributed by atoms with Crippen LogP contribution < -0.4 is 11.1 Å². The van der Waals surface area contributed by atoms with E-state index in [0.29, 0.717) is 11.7 Å². The number of rotatable bonds is 4. The van der Waals surface area contributed by atoms with Crippen LogP contribution in [-0.2, 0) is 4.74 Å². The maximum Gasteiger partial charge on any atom is 0.125 e. The average Bonchev–Trinajstić information content (AvgIpc) is 2.30. The third kappa shape index (κ3) is 2.29. The first-order valence-electron chi connectivity index (χ1n) is 6.38. The van der Waals surface area contributed by atoms with Gasteiger partial charge >= 0.3 is 0 Å². The number of anilines is 2. The third-order valence-corrected chi connectivity index (χ3v) is 3.89. The van der Waals surface area contributed by atoms with E-state index in [1.54, 1.807) is 6.07 Å². The quantitative estimate of drug-likeness (QED) is 0.810. The number of nitrogens with two attached hydrogens (primary N) is 1. The van der Waals surface area contributed by atoms with E-state index in [1.165, 1.54) is 12.1 Å². The maximum atomic E-state index is 13.0. The summed E-state index contributed by atoms with van der Waals surface area (Å²) in [5.41, 5.74) is 7.11. The zero-order valence-corrected chi connectivity index (χ0v) is 11.2. The number of hydrogen-bond acceptors (Lipinski definition) is 3. The van der Waals surface area contributed by atoms with Crippen LogP contribution in [0, 0.1) is 11.2 Å². The van der Waals surface area contributed by atoms with E-state index >= 15 is 0 Å². The fourth-order valence-corrected chi connectivity index (χ4v) is 2.47. The van der Waals surface area contributed by atoms with Gasteiger partial charge in [0.2, 0.25) is 0 Å². The summed E-state index contributed by atoms with van der Waals surface area (Å²) in [7, 11) is 0. The summed E-state index contributed by atoms with van der Waals surface area (Å²) in [5, 5.41) is 3.38. The summed E-state index contributed by atoms with van der Waals surface area (Å²) < 4.78 is 18.6. The van der Waals surface area contributed by atoms with Crippen LogP contribution in [0.15, 0.2) is 18.2 Å². The van der Waals surface area contributed by atoms with Crippen molar-refractivity contribution in [2.24, 2.45) is 5.41 Å². The highest BCUT2D eigenvalue weighted by Gasteiger charge is 2.48. The molecule has 2 unspecified atom stereocenters. The maximum absolute atomic E-state index is 13.0. The lowest BCUT2D eigenvalue weighted by molar-refractivity contribution is -0.0975. The van der Waals surface area contributed by atoms with Crippen LogP contribution in [0.4, 0.5) is 15.8 Å². The lowest BCUT2D eigenvalue weighted by Gasteiger charge is -2.52. The Morgan fingerprint density at radius 2 is 2.22 bits per heavy atom. The topological polar surface area (TPSA) is 47.3 Å². The van der Waals surface area contributed by atoms with E-state index in [0.717, 1.165) is 18.7 Å². The second-order valence-electron chi connectivity index (χ2n) is 5.43. The van der Waals surface area contributed by atoms with Gasteiger partial charge in [-0.05, 0) is 31.5 Å². The predicted molar refractivity (Wildman–Crippen MR) is 72.0 cm³/mol. The summed E-state index contributed by atoms with van der Waals surface area (Å²) in [4.78, 5) is 0. The highest BCUT2D eigenvalue weighted by Crippen LogP contribution is 2.44. The molecule has 2 rings (SSSR count). The van der Waals surface area contributed by atoms with E-state index in [4.69, 9.17) is 10.5 Å². The highest BCUT2D eigenvalue weighted by molar-refractivity contribution is 5.66. The molecule has 1 aromatic rings. The lowest BCUT2D eigenvalue weighted by Crippen LogP contribution is -2.58. The molecule has 0 amide bonds. The van der Waals surface area contributed by atoms with Crippen LogP contribution in [0.25, 0.3) is 0 Å². The molecule has 1 fully saturated rings. The van der Waals surface area contributed by atoms with Crippen LogP contribution in [0.3, 0.4) is 0 Å². The zero-order valence-electron chi connectivity index (χ0n) is 11.2. The molecule has 0 bridgehead atoms. The largest absolute Gasteiger partial charge is 0.397 e. The fourth-order valence-electron chi connectivity index (χ4n) is 2.47. The van der Waals surface area contributed by atoms with Gasteiger partial charge in [-0.15, -0.1) is 0 Å². The van der Waals surface area contributed by atoms with Gasteiger partial charge in [-0.3, -0.25) is 0 Å². The number of benzene rings is 1. The molecule has 0 aliphatic heterocycles. The Bertz CT molecular complexity index is 434. The number of nitrogens with one attached hydrogen (secondary N) is 1. The van der Waals surface area contributed by atoms with Gasteiger partial charge < -0.3 is 15.8 Å². The van der Waals surface area contributed by atoms with Gasteiger partial charge in [0.1, 0.15) is 5.82 Å². The molecular weight excluding hydrogens is 231 g/mol. The number of nitrogen functional groups attached to an aromatic ring is 1. The summed E-state index contributed by atoms with van der Waals surface area (Å²) in [6.45, 7) is 7.09. The van der Waals surface area contributed by atoms with Crippen molar-refractivity contribution >= 4 is 11.4 Å². The molecule has 3 nitrogen and oxygen atoms in total. The van der Waals surface area contributed by atoms with Crippen LogP contribution in [0.5, 0.6) is 0 Å². The minimum absolute atomic E-state index is 0.0663. The van der Waals surface area contributed by atoms with Crippen molar-refractivity contribution in [2.75, 3.05) is 17.7 Å². The molecule has 0 heterocycles. The van der Waals surface area contributed by atoms with Crippen molar-refractivity contribution in [3.8, 4) is 0 Å². The second kappa shape index (κ2) is 4.76. The van der Waals surface area contributed by atoms with E-state index in [2.05, 4.69) is 19.2 Å². The molecule has 100 valence electrons. The number of ether oxygens (including phenoxy) is 1. The summed E-state index contributed by atoms with van der Waals surface area (Å²) in [5.74, 6) is -0.307. The third-order valence-electron chi connectivity index (χ3n) is 3.89. The molecule has 1 aliphatic carbocycles. The molecule has 1 aromatic carbocycles. The van der Waals surface area contributed by atoms with Crippen molar-refractivity contribution in [1.82, 2.24) is 0 Å². The minimum atomic E-state index is -0.307. The number of hydrogen-bond donors (Lipinski definition) is 2.